The number of halogens is 1. The summed E-state index contributed by atoms with van der Waals surface area (Å²) < 4.78 is 26.0. The lowest BCUT2D eigenvalue weighted by Gasteiger charge is -2.13. The molecule has 0 saturated carbocycles. The first-order valence-electron chi connectivity index (χ1n) is 8.70. The molecule has 0 aliphatic heterocycles. The van der Waals surface area contributed by atoms with Crippen molar-refractivity contribution < 1.29 is 33.3 Å². The Kier molecular flexibility index (Phi) is 8.42. The van der Waals surface area contributed by atoms with E-state index in [1.165, 1.54) is 26.4 Å². The summed E-state index contributed by atoms with van der Waals surface area (Å²) in [5.41, 5.74) is 0.330. The van der Waals surface area contributed by atoms with E-state index in [0.717, 1.165) is 0 Å². The maximum absolute atomic E-state index is 12.1. The van der Waals surface area contributed by atoms with Gasteiger partial charge in [0.25, 0.3) is 5.91 Å². The van der Waals surface area contributed by atoms with Crippen molar-refractivity contribution >= 4 is 29.2 Å². The minimum Gasteiger partial charge on any atom is -0.495 e. The number of para-hydroxylation sites is 2. The molecule has 2 rings (SSSR count). The van der Waals surface area contributed by atoms with Gasteiger partial charge in [0.05, 0.1) is 31.5 Å². The molecule has 2 aromatic carbocycles. The Morgan fingerprint density at radius 1 is 0.931 bits per heavy atom. The third-order valence-electron chi connectivity index (χ3n) is 3.61. The quantitative estimate of drug-likeness (QED) is 0.586. The predicted octanol–water partition coefficient (Wildman–Crippen LogP) is 3.32. The van der Waals surface area contributed by atoms with Crippen LogP contribution in [-0.4, -0.2) is 45.9 Å². The third kappa shape index (κ3) is 6.46. The van der Waals surface area contributed by atoms with Crippen LogP contribution in [0.3, 0.4) is 0 Å². The van der Waals surface area contributed by atoms with Gasteiger partial charge >= 0.3 is 5.97 Å². The van der Waals surface area contributed by atoms with Crippen molar-refractivity contribution in [2.75, 3.05) is 39.4 Å². The minimum absolute atomic E-state index is 0.330. The van der Waals surface area contributed by atoms with Crippen molar-refractivity contribution in [2.24, 2.45) is 0 Å². The number of anilines is 1. The number of carbonyl (C=O) groups is 2. The van der Waals surface area contributed by atoms with Crippen LogP contribution < -0.4 is 24.3 Å². The zero-order chi connectivity index (χ0) is 21.2. The fraction of sp³-hybridized carbons (Fsp3) is 0.300. The summed E-state index contributed by atoms with van der Waals surface area (Å²) in [5, 5.41) is 2.91. The molecule has 8 nitrogen and oxygen atoms in total. The highest BCUT2D eigenvalue weighted by Gasteiger charge is 2.15. The van der Waals surface area contributed by atoms with Crippen molar-refractivity contribution in [3.63, 3.8) is 0 Å². The average Bonchev–Trinajstić information content (AvgIpc) is 2.72. The largest absolute Gasteiger partial charge is 0.495 e. The Labute approximate surface area is 173 Å². The molecule has 0 radical (unpaired) electrons. The molecule has 0 fully saturated rings. The number of nitrogens with one attached hydrogen (secondary N) is 1. The Morgan fingerprint density at radius 2 is 1.59 bits per heavy atom. The van der Waals surface area contributed by atoms with Gasteiger partial charge in [0, 0.05) is 12.1 Å². The molecule has 0 aliphatic rings. The van der Waals surface area contributed by atoms with Gasteiger partial charge in [-0.15, -0.1) is 0 Å². The lowest BCUT2D eigenvalue weighted by Crippen LogP contribution is -2.24. The highest BCUT2D eigenvalue weighted by Crippen LogP contribution is 2.35. The summed E-state index contributed by atoms with van der Waals surface area (Å²) in [6.45, 7) is 1.44. The summed E-state index contributed by atoms with van der Waals surface area (Å²) in [6.07, 6.45) is 0. The molecule has 2 aromatic rings. The Morgan fingerprint density at radius 3 is 2.21 bits per heavy atom. The fourth-order valence-corrected chi connectivity index (χ4v) is 2.54. The van der Waals surface area contributed by atoms with E-state index in [4.69, 9.17) is 35.3 Å². The van der Waals surface area contributed by atoms with Gasteiger partial charge in [-0.05, 0) is 19.1 Å². The lowest BCUT2D eigenvalue weighted by molar-refractivity contribution is -0.149. The number of ether oxygens (including phenoxy) is 5. The van der Waals surface area contributed by atoms with Crippen molar-refractivity contribution in [3.8, 4) is 23.0 Å². The first-order valence-corrected chi connectivity index (χ1v) is 9.07. The fourth-order valence-electron chi connectivity index (χ4n) is 2.31. The van der Waals surface area contributed by atoms with E-state index < -0.39 is 18.5 Å². The van der Waals surface area contributed by atoms with Gasteiger partial charge < -0.3 is 29.0 Å². The number of methoxy groups -OCH3 is 2. The van der Waals surface area contributed by atoms with Crippen molar-refractivity contribution in [1.82, 2.24) is 0 Å². The molecule has 0 aliphatic carbocycles. The molecule has 0 unspecified atom stereocenters. The molecule has 0 aromatic heterocycles. The number of carbonyl (C=O) groups excluding carboxylic acids is 2. The van der Waals surface area contributed by atoms with Gasteiger partial charge in [-0.2, -0.15) is 0 Å². The SMILES string of the molecule is CCOc1ccccc1OCC(=O)OCC(=O)Nc1cc(OC)c(Cl)cc1OC. The molecule has 156 valence electrons. The summed E-state index contributed by atoms with van der Waals surface area (Å²) in [7, 11) is 2.88. The summed E-state index contributed by atoms with van der Waals surface area (Å²) in [5.74, 6) is 0.369. The highest BCUT2D eigenvalue weighted by atomic mass is 35.5. The van der Waals surface area contributed by atoms with Crippen LogP contribution in [0.15, 0.2) is 36.4 Å². The highest BCUT2D eigenvalue weighted by molar-refractivity contribution is 6.32. The minimum atomic E-state index is -0.702. The molecule has 0 spiro atoms. The third-order valence-corrected chi connectivity index (χ3v) is 3.90. The van der Waals surface area contributed by atoms with Crippen LogP contribution in [0.1, 0.15) is 6.92 Å². The van der Waals surface area contributed by atoms with Crippen LogP contribution in [0.4, 0.5) is 5.69 Å². The van der Waals surface area contributed by atoms with Crippen molar-refractivity contribution in [1.29, 1.82) is 0 Å². The second-order valence-electron chi connectivity index (χ2n) is 5.56. The zero-order valence-electron chi connectivity index (χ0n) is 16.3. The number of esters is 1. The van der Waals surface area contributed by atoms with E-state index >= 15 is 0 Å². The van der Waals surface area contributed by atoms with Gasteiger partial charge in [-0.3, -0.25) is 4.79 Å². The summed E-state index contributed by atoms with van der Waals surface area (Å²) >= 11 is 6.03. The average molecular weight is 424 g/mol. The van der Waals surface area contributed by atoms with E-state index in [1.54, 1.807) is 24.3 Å². The molecule has 1 amide bonds. The lowest BCUT2D eigenvalue weighted by atomic mass is 10.2. The molecule has 1 N–H and O–H groups in total. The van der Waals surface area contributed by atoms with Crippen LogP contribution in [0.25, 0.3) is 0 Å². The predicted molar refractivity (Wildman–Crippen MR) is 107 cm³/mol. The number of rotatable bonds is 10. The van der Waals surface area contributed by atoms with Gasteiger partial charge in [-0.25, -0.2) is 4.79 Å². The van der Waals surface area contributed by atoms with Crippen LogP contribution in [0.5, 0.6) is 23.0 Å². The Bertz CT molecular complexity index is 857. The summed E-state index contributed by atoms with van der Waals surface area (Å²) in [6, 6.07) is 9.96. The monoisotopic (exact) mass is 423 g/mol. The summed E-state index contributed by atoms with van der Waals surface area (Å²) in [4.78, 5) is 24.0. The van der Waals surface area contributed by atoms with Crippen molar-refractivity contribution in [2.45, 2.75) is 6.92 Å². The first kappa shape index (κ1) is 22.2. The zero-order valence-corrected chi connectivity index (χ0v) is 17.1. The van der Waals surface area contributed by atoms with E-state index in [1.807, 2.05) is 6.92 Å². The second kappa shape index (κ2) is 11.0. The van der Waals surface area contributed by atoms with Crippen LogP contribution in [0, 0.1) is 0 Å². The molecule has 0 heterocycles. The number of hydrogen-bond acceptors (Lipinski definition) is 7. The van der Waals surface area contributed by atoms with Crippen LogP contribution >= 0.6 is 11.6 Å². The number of hydrogen-bond donors (Lipinski definition) is 1. The molecule has 29 heavy (non-hydrogen) atoms. The van der Waals surface area contributed by atoms with Gasteiger partial charge in [-0.1, -0.05) is 23.7 Å². The van der Waals surface area contributed by atoms with Gasteiger partial charge in [0.2, 0.25) is 0 Å². The van der Waals surface area contributed by atoms with Crippen LogP contribution in [-0.2, 0) is 14.3 Å². The van der Waals surface area contributed by atoms with E-state index in [-0.39, 0.29) is 6.61 Å². The first-order chi connectivity index (χ1) is 14.0. The van der Waals surface area contributed by atoms with E-state index in [0.29, 0.717) is 40.3 Å². The number of benzene rings is 2. The van der Waals surface area contributed by atoms with E-state index in [9.17, 15) is 9.59 Å². The van der Waals surface area contributed by atoms with E-state index in [2.05, 4.69) is 5.32 Å². The Balaban J connectivity index is 1.87. The Hall–Kier alpha value is -3.13. The van der Waals surface area contributed by atoms with Gasteiger partial charge in [0.15, 0.2) is 24.7 Å². The van der Waals surface area contributed by atoms with Crippen molar-refractivity contribution in [3.05, 3.63) is 41.4 Å². The second-order valence-corrected chi connectivity index (χ2v) is 5.97. The molecule has 0 saturated heterocycles. The van der Waals surface area contributed by atoms with Gasteiger partial charge in [0.1, 0.15) is 11.5 Å². The molecule has 9 heteroatoms. The smallest absolute Gasteiger partial charge is 0.344 e. The molecular weight excluding hydrogens is 402 g/mol. The van der Waals surface area contributed by atoms with Crippen LogP contribution in [0.2, 0.25) is 5.02 Å². The molecule has 0 atom stereocenters. The number of amides is 1. The molecule has 0 bridgehead atoms. The molecular formula is C20H22ClNO7. The normalized spacial score (nSPS) is 10.1. The standard InChI is InChI=1S/C20H22ClNO7/c1-4-27-15-7-5-6-8-16(15)28-12-20(24)29-11-19(23)22-14-10-17(25-2)13(21)9-18(14)26-3/h5-10H,4,11-12H2,1-3H3,(H,22,23). The topological polar surface area (TPSA) is 92.3 Å². The maximum atomic E-state index is 12.1. The maximum Gasteiger partial charge on any atom is 0.344 e.